The molecule has 2 saturated heterocycles. The minimum absolute atomic E-state index is 0.147. The number of carbonyl (C=O) groups is 1. The first kappa shape index (κ1) is 19.4. The molecule has 1 aromatic heterocycles. The Balaban J connectivity index is 1.48. The van der Waals surface area contributed by atoms with Gasteiger partial charge in [0.2, 0.25) is 5.91 Å². The normalized spacial score (nSPS) is 30.7. The molecule has 1 aliphatic carbocycles. The van der Waals surface area contributed by atoms with Crippen molar-refractivity contribution < 1.29 is 9.18 Å². The van der Waals surface area contributed by atoms with E-state index in [0.717, 1.165) is 58.0 Å². The molecule has 1 unspecified atom stereocenters. The van der Waals surface area contributed by atoms with Crippen LogP contribution < -0.4 is 4.90 Å². The van der Waals surface area contributed by atoms with E-state index in [9.17, 15) is 9.18 Å². The number of nitriles is 1. The second-order valence-electron chi connectivity index (χ2n) is 8.47. The van der Waals surface area contributed by atoms with Crippen LogP contribution in [0.25, 0.3) is 0 Å². The SMILES string of the molecule is N#CC1CCC(N2CCC3(CCCN(c4ncc(CF)cc4Cl)C3)C2=O)CC1. The Labute approximate surface area is 170 Å². The number of piperidine rings is 1. The summed E-state index contributed by atoms with van der Waals surface area (Å²) < 4.78 is 12.9. The van der Waals surface area contributed by atoms with Gasteiger partial charge in [-0.3, -0.25) is 4.79 Å². The molecule has 0 aromatic carbocycles. The van der Waals surface area contributed by atoms with E-state index in [4.69, 9.17) is 16.9 Å². The van der Waals surface area contributed by atoms with Crippen LogP contribution in [-0.2, 0) is 11.5 Å². The lowest BCUT2D eigenvalue weighted by atomic mass is 9.78. The van der Waals surface area contributed by atoms with Crippen molar-refractivity contribution in [1.29, 1.82) is 5.26 Å². The number of halogens is 2. The number of pyridine rings is 1. The Morgan fingerprint density at radius 1 is 1.29 bits per heavy atom. The molecule has 1 saturated carbocycles. The van der Waals surface area contributed by atoms with Gasteiger partial charge in [0.1, 0.15) is 12.5 Å². The number of nitrogens with zero attached hydrogens (tertiary/aromatic N) is 4. The molecular weight excluding hydrogens is 379 g/mol. The van der Waals surface area contributed by atoms with E-state index >= 15 is 0 Å². The largest absolute Gasteiger partial charge is 0.354 e. The number of anilines is 1. The first-order chi connectivity index (χ1) is 13.6. The standard InChI is InChI=1S/C21H26ClFN4O/c22-18-10-16(11-23)13-25-19(18)26-8-1-6-21(14-26)7-9-27(20(21)28)17-4-2-15(12-24)3-5-17/h10,13,15,17H,1-9,11,14H2. The summed E-state index contributed by atoms with van der Waals surface area (Å²) in [6.45, 7) is 1.65. The topological polar surface area (TPSA) is 60.2 Å². The van der Waals surface area contributed by atoms with Gasteiger partial charge in [0.25, 0.3) is 0 Å². The van der Waals surface area contributed by atoms with Crippen molar-refractivity contribution in [2.45, 2.75) is 57.7 Å². The van der Waals surface area contributed by atoms with Crippen molar-refractivity contribution >= 4 is 23.3 Å². The summed E-state index contributed by atoms with van der Waals surface area (Å²) in [7, 11) is 0. The van der Waals surface area contributed by atoms with Crippen molar-refractivity contribution in [2.24, 2.45) is 11.3 Å². The number of aromatic nitrogens is 1. The van der Waals surface area contributed by atoms with Crippen LogP contribution in [0.3, 0.4) is 0 Å². The van der Waals surface area contributed by atoms with Gasteiger partial charge in [0.05, 0.1) is 16.5 Å². The van der Waals surface area contributed by atoms with Crippen molar-refractivity contribution in [3.63, 3.8) is 0 Å². The van der Waals surface area contributed by atoms with Crippen molar-refractivity contribution in [3.8, 4) is 6.07 Å². The molecule has 2 aliphatic heterocycles. The average Bonchev–Trinajstić information content (AvgIpc) is 3.03. The first-order valence-corrected chi connectivity index (χ1v) is 10.6. The predicted octanol–water partition coefficient (Wildman–Crippen LogP) is 4.11. The highest BCUT2D eigenvalue weighted by atomic mass is 35.5. The molecule has 3 aliphatic rings. The highest BCUT2D eigenvalue weighted by Crippen LogP contribution is 2.44. The van der Waals surface area contributed by atoms with E-state index in [-0.39, 0.29) is 23.3 Å². The van der Waals surface area contributed by atoms with Gasteiger partial charge < -0.3 is 9.80 Å². The van der Waals surface area contributed by atoms with Crippen LogP contribution in [0.4, 0.5) is 10.2 Å². The third-order valence-electron chi connectivity index (χ3n) is 6.77. The fourth-order valence-electron chi connectivity index (χ4n) is 5.18. The van der Waals surface area contributed by atoms with E-state index in [0.29, 0.717) is 22.9 Å². The van der Waals surface area contributed by atoms with Crippen molar-refractivity contribution in [2.75, 3.05) is 24.5 Å². The van der Waals surface area contributed by atoms with E-state index in [1.54, 1.807) is 6.07 Å². The molecule has 150 valence electrons. The van der Waals surface area contributed by atoms with Crippen LogP contribution in [0.2, 0.25) is 5.02 Å². The van der Waals surface area contributed by atoms with Crippen LogP contribution in [0.5, 0.6) is 0 Å². The minimum Gasteiger partial charge on any atom is -0.354 e. The zero-order valence-electron chi connectivity index (χ0n) is 16.0. The highest BCUT2D eigenvalue weighted by Gasteiger charge is 2.51. The van der Waals surface area contributed by atoms with Crippen LogP contribution in [0.15, 0.2) is 12.3 Å². The summed E-state index contributed by atoms with van der Waals surface area (Å²) in [5, 5.41) is 9.56. The third-order valence-corrected chi connectivity index (χ3v) is 7.05. The summed E-state index contributed by atoms with van der Waals surface area (Å²) in [6.07, 6.45) is 7.86. The predicted molar refractivity (Wildman–Crippen MR) is 106 cm³/mol. The molecule has 3 fully saturated rings. The molecule has 28 heavy (non-hydrogen) atoms. The van der Waals surface area contributed by atoms with E-state index < -0.39 is 6.67 Å². The van der Waals surface area contributed by atoms with Gasteiger partial charge in [0, 0.05) is 43.4 Å². The van der Waals surface area contributed by atoms with Gasteiger partial charge >= 0.3 is 0 Å². The molecular formula is C21H26ClFN4O. The molecule has 1 amide bonds. The molecule has 3 heterocycles. The van der Waals surface area contributed by atoms with Gasteiger partial charge in [-0.2, -0.15) is 5.26 Å². The molecule has 5 nitrogen and oxygen atoms in total. The molecule has 1 atom stereocenters. The lowest BCUT2D eigenvalue weighted by molar-refractivity contribution is -0.139. The molecule has 7 heteroatoms. The molecule has 0 bridgehead atoms. The number of likely N-dealkylation sites (tertiary alicyclic amines) is 1. The third kappa shape index (κ3) is 3.45. The smallest absolute Gasteiger partial charge is 0.230 e. The lowest BCUT2D eigenvalue weighted by Crippen LogP contribution is -2.50. The maximum Gasteiger partial charge on any atom is 0.230 e. The monoisotopic (exact) mass is 404 g/mol. The van der Waals surface area contributed by atoms with Crippen LogP contribution in [-0.4, -0.2) is 41.5 Å². The van der Waals surface area contributed by atoms with Gasteiger partial charge in [-0.25, -0.2) is 9.37 Å². The van der Waals surface area contributed by atoms with E-state index in [1.165, 1.54) is 6.20 Å². The van der Waals surface area contributed by atoms with Crippen molar-refractivity contribution in [3.05, 3.63) is 22.8 Å². The van der Waals surface area contributed by atoms with Crippen LogP contribution in [0, 0.1) is 22.7 Å². The second kappa shape index (κ2) is 7.87. The maximum absolute atomic E-state index is 13.4. The Morgan fingerprint density at radius 2 is 2.07 bits per heavy atom. The zero-order chi connectivity index (χ0) is 19.7. The Hall–Kier alpha value is -1.87. The molecule has 4 rings (SSSR count). The molecule has 1 spiro atoms. The fraction of sp³-hybridized carbons (Fsp3) is 0.667. The van der Waals surface area contributed by atoms with Crippen molar-refractivity contribution in [1.82, 2.24) is 9.88 Å². The Morgan fingerprint density at radius 3 is 2.75 bits per heavy atom. The molecule has 0 N–H and O–H groups in total. The summed E-state index contributed by atoms with van der Waals surface area (Å²) >= 11 is 6.36. The number of amides is 1. The summed E-state index contributed by atoms with van der Waals surface area (Å²) in [6, 6.07) is 4.27. The summed E-state index contributed by atoms with van der Waals surface area (Å²) in [4.78, 5) is 22.0. The van der Waals surface area contributed by atoms with Gasteiger partial charge in [0.15, 0.2) is 0 Å². The number of hydrogen-bond donors (Lipinski definition) is 0. The number of carbonyl (C=O) groups excluding carboxylic acids is 1. The summed E-state index contributed by atoms with van der Waals surface area (Å²) in [5.74, 6) is 1.06. The fourth-order valence-corrected chi connectivity index (χ4v) is 5.49. The Bertz CT molecular complexity index is 789. The zero-order valence-corrected chi connectivity index (χ0v) is 16.8. The minimum atomic E-state index is -0.585. The lowest BCUT2D eigenvalue weighted by Gasteiger charge is -2.41. The first-order valence-electron chi connectivity index (χ1n) is 10.2. The Kier molecular flexibility index (Phi) is 5.46. The van der Waals surface area contributed by atoms with Crippen LogP contribution in [0.1, 0.15) is 50.5 Å². The second-order valence-corrected chi connectivity index (χ2v) is 8.88. The van der Waals surface area contributed by atoms with Gasteiger partial charge in [-0.05, 0) is 51.0 Å². The molecule has 0 radical (unpaired) electrons. The number of hydrogen-bond acceptors (Lipinski definition) is 4. The average molecular weight is 405 g/mol. The van der Waals surface area contributed by atoms with Gasteiger partial charge in [-0.15, -0.1) is 0 Å². The number of alkyl halides is 1. The maximum atomic E-state index is 13.4. The number of rotatable bonds is 3. The quantitative estimate of drug-likeness (QED) is 0.760. The molecule has 1 aromatic rings. The highest BCUT2D eigenvalue weighted by molar-refractivity contribution is 6.33. The van der Waals surface area contributed by atoms with E-state index in [1.807, 2.05) is 0 Å². The summed E-state index contributed by atoms with van der Waals surface area (Å²) in [5.41, 5.74) is 0.102. The van der Waals surface area contributed by atoms with E-state index in [2.05, 4.69) is 20.9 Å². The van der Waals surface area contributed by atoms with Gasteiger partial charge in [-0.1, -0.05) is 11.6 Å². The van der Waals surface area contributed by atoms with Crippen LogP contribution >= 0.6 is 11.6 Å².